The predicted molar refractivity (Wildman–Crippen MR) is 247 cm³/mol. The van der Waals surface area contributed by atoms with E-state index in [1.807, 2.05) is 0 Å². The topological polar surface area (TPSA) is 226 Å². The average molecular weight is 946 g/mol. The Hall–Kier alpha value is -7.09. The molecule has 0 aliphatic rings. The average Bonchev–Trinajstić information content (AvgIpc) is 3.67. The summed E-state index contributed by atoms with van der Waals surface area (Å²) in [6, 6.07) is 17.6. The summed E-state index contributed by atoms with van der Waals surface area (Å²) in [5.41, 5.74) is 2.08. The summed E-state index contributed by atoms with van der Waals surface area (Å²) < 4.78 is 62.0. The Bertz CT molecular complexity index is 2700. The summed E-state index contributed by atoms with van der Waals surface area (Å²) in [5, 5.41) is 12.6. The second-order valence-corrected chi connectivity index (χ2v) is 19.3. The molecule has 1 unspecified atom stereocenters. The number of pyridine rings is 1. The Morgan fingerprint density at radius 3 is 2.06 bits per heavy atom. The molecule has 2 heterocycles. The van der Waals surface area contributed by atoms with Crippen molar-refractivity contribution in [2.45, 2.75) is 97.1 Å². The summed E-state index contributed by atoms with van der Waals surface area (Å²) in [6.07, 6.45) is -0.766. The fourth-order valence-electron chi connectivity index (χ4n) is 6.51. The van der Waals surface area contributed by atoms with E-state index in [2.05, 4.69) is 26.0 Å². The van der Waals surface area contributed by atoms with Gasteiger partial charge in [-0.1, -0.05) is 58.9 Å². The number of amides is 4. The first-order chi connectivity index (χ1) is 31.5. The third-order valence-corrected chi connectivity index (χ3v) is 11.1. The Kier molecular flexibility index (Phi) is 16.3. The lowest BCUT2D eigenvalue weighted by Gasteiger charge is -2.29. The number of carbonyl (C=O) groups is 5. The molecule has 0 radical (unpaired) electrons. The van der Waals surface area contributed by atoms with E-state index in [0.717, 1.165) is 16.7 Å². The van der Waals surface area contributed by atoms with E-state index in [1.54, 1.807) is 110 Å². The summed E-state index contributed by atoms with van der Waals surface area (Å²) in [6.45, 7) is 13.4. The molecule has 0 bridgehead atoms. The van der Waals surface area contributed by atoms with Crippen LogP contribution in [0.3, 0.4) is 0 Å². The largest absolute Gasteiger partial charge is 0.495 e. The van der Waals surface area contributed by atoms with E-state index in [1.165, 1.54) is 42.0 Å². The van der Waals surface area contributed by atoms with Crippen molar-refractivity contribution < 1.29 is 55.7 Å². The molecule has 0 saturated carbocycles. The smallest absolute Gasteiger partial charge is 0.424 e. The van der Waals surface area contributed by atoms with Gasteiger partial charge >= 0.3 is 18.2 Å². The second-order valence-electron chi connectivity index (χ2n) is 17.3. The van der Waals surface area contributed by atoms with Crippen LogP contribution in [0.5, 0.6) is 5.75 Å². The van der Waals surface area contributed by atoms with Gasteiger partial charge < -0.3 is 34.9 Å². The highest BCUT2D eigenvalue weighted by molar-refractivity contribution is 7.90. The van der Waals surface area contributed by atoms with Crippen LogP contribution in [-0.4, -0.2) is 90.3 Å². The maximum Gasteiger partial charge on any atom is 0.424 e. The van der Waals surface area contributed by atoms with Crippen LogP contribution in [-0.2, 0) is 44.9 Å². The van der Waals surface area contributed by atoms with Crippen LogP contribution in [0.1, 0.15) is 67.4 Å². The van der Waals surface area contributed by atoms with Gasteiger partial charge in [-0.3, -0.25) is 9.59 Å². The first-order valence-electron chi connectivity index (χ1n) is 21.4. The summed E-state index contributed by atoms with van der Waals surface area (Å²) in [5.74, 6) is -3.46. The predicted octanol–water partition coefficient (Wildman–Crippen LogP) is 7.37. The van der Waals surface area contributed by atoms with Crippen LogP contribution in [0.2, 0.25) is 0 Å². The summed E-state index contributed by atoms with van der Waals surface area (Å²) in [4.78, 5) is 72.2. The molecule has 20 heteroatoms. The van der Waals surface area contributed by atoms with E-state index >= 15 is 0 Å². The number of aromatic nitrogens is 3. The van der Waals surface area contributed by atoms with Gasteiger partial charge in [0.25, 0.3) is 5.95 Å². The minimum absolute atomic E-state index is 0.0150. The third kappa shape index (κ3) is 13.7. The number of alkyl carbamates (subject to hydrolysis) is 1. The van der Waals surface area contributed by atoms with Crippen LogP contribution in [0.15, 0.2) is 90.0 Å². The van der Waals surface area contributed by atoms with Gasteiger partial charge in [-0.15, -0.1) is 5.10 Å². The zero-order valence-corrected chi connectivity index (χ0v) is 39.8. The minimum Gasteiger partial charge on any atom is -0.495 e. The van der Waals surface area contributed by atoms with E-state index in [-0.39, 0.29) is 41.0 Å². The first kappa shape index (κ1) is 50.9. The number of nitrogens with zero attached hydrogens (tertiary/aromatic N) is 4. The molecule has 3 aromatic carbocycles. The van der Waals surface area contributed by atoms with Gasteiger partial charge in [0.1, 0.15) is 29.3 Å². The van der Waals surface area contributed by atoms with Crippen LogP contribution in [0.25, 0.3) is 16.8 Å². The molecule has 18 nitrogen and oxygen atoms in total. The number of fused-ring (bicyclic) bond motifs is 1. The Morgan fingerprint density at radius 1 is 0.836 bits per heavy atom. The Balaban J connectivity index is 1.40. The monoisotopic (exact) mass is 945 g/mol. The number of hydrogen-bond acceptors (Lipinski definition) is 13. The molecule has 0 aliphatic heterocycles. The van der Waals surface area contributed by atoms with Crippen molar-refractivity contribution in [3.63, 3.8) is 0 Å². The first-order valence-corrected chi connectivity index (χ1v) is 23.3. The van der Waals surface area contributed by atoms with E-state index < -0.39 is 75.5 Å². The minimum atomic E-state index is -3.72. The van der Waals surface area contributed by atoms with Crippen molar-refractivity contribution in [1.29, 1.82) is 0 Å². The molecule has 5 aromatic rings. The molecule has 358 valence electrons. The number of carbonyl (C=O) groups excluding carboxylic acids is 5. The third-order valence-electron chi connectivity index (χ3n) is 9.96. The molecule has 0 fully saturated rings. The lowest BCUT2D eigenvalue weighted by Crippen LogP contribution is -2.56. The van der Waals surface area contributed by atoms with Gasteiger partial charge in [-0.2, -0.15) is 4.98 Å². The molecule has 67 heavy (non-hydrogen) atoms. The van der Waals surface area contributed by atoms with Crippen molar-refractivity contribution in [3.05, 3.63) is 96.4 Å². The van der Waals surface area contributed by atoms with Gasteiger partial charge in [0.05, 0.1) is 24.1 Å². The molecular weight excluding hydrogens is 890 g/mol. The van der Waals surface area contributed by atoms with Crippen molar-refractivity contribution in [2.24, 2.45) is 11.8 Å². The van der Waals surface area contributed by atoms with Crippen LogP contribution in [0, 0.1) is 17.7 Å². The van der Waals surface area contributed by atoms with Crippen molar-refractivity contribution in [3.8, 4) is 16.9 Å². The maximum atomic E-state index is 14.4. The number of hydrogen-bond donors (Lipinski definition) is 3. The number of esters is 1. The number of sulfone groups is 1. The highest BCUT2D eigenvalue weighted by atomic mass is 32.2. The molecular formula is C47H56FN7O11S. The number of anilines is 3. The number of methoxy groups -OCH3 is 1. The fourth-order valence-corrected chi connectivity index (χ4v) is 7.14. The molecule has 5 rings (SSSR count). The number of ether oxygens (including phenoxy) is 4. The number of rotatable bonds is 17. The zero-order chi connectivity index (χ0) is 49.4. The highest BCUT2D eigenvalue weighted by Crippen LogP contribution is 2.36. The molecule has 0 saturated heterocycles. The quantitative estimate of drug-likeness (QED) is 0.0612. The highest BCUT2D eigenvalue weighted by Gasteiger charge is 2.35. The molecule has 0 spiro atoms. The molecule has 0 aliphatic carbocycles. The lowest BCUT2D eigenvalue weighted by molar-refractivity contribution is -0.172. The zero-order valence-electron chi connectivity index (χ0n) is 38.9. The van der Waals surface area contributed by atoms with E-state index in [4.69, 9.17) is 18.9 Å². The maximum absolute atomic E-state index is 14.4. The van der Waals surface area contributed by atoms with Crippen LogP contribution >= 0.6 is 0 Å². The number of halogens is 1. The SMILES string of the molecule is CCC(OC(=O)[C@@H](NC(=O)[C@@H](NC(=O)OC(C)(C)C)C(C)C)C(C)C)OC(=O)N(c1nc2ccc(-c3ccc(NC(=O)Cc4ccc(F)cc4)cc3)cn2n1)c1ccc(S(C)(=O)=O)cc1OC. The normalized spacial score (nSPS) is 13.0. The second kappa shape index (κ2) is 21.5. The van der Waals surface area contributed by atoms with Gasteiger partial charge in [0.15, 0.2) is 15.5 Å². The summed E-state index contributed by atoms with van der Waals surface area (Å²) in [7, 11) is -2.44. The molecule has 3 N–H and O–H groups in total. The van der Waals surface area contributed by atoms with Gasteiger partial charge in [0, 0.05) is 36.2 Å². The fraction of sp³-hybridized carbons (Fsp3) is 0.383. The molecule has 3 atom stereocenters. The van der Waals surface area contributed by atoms with Crippen LogP contribution < -0.4 is 25.6 Å². The number of benzene rings is 3. The standard InChI is InChI=1S/C47H56FN7O11S/c1-11-39(64-43(58)41(28(4)5)51-42(57)40(27(2)3)52-45(59)66-47(6,7)8)65-46(60)55(35-22-21-34(67(10,61)62)25-36(35)63-9)44-50-37-23-16-31(26-54(37)53-44)30-14-19-33(20-15-30)49-38(56)24-29-12-17-32(48)18-13-29/h12-23,25-28,39-41H,11,24H2,1-10H3,(H,49,56)(H,51,57)(H,52,59)/t39?,40-,41-/m0/s1. The molecule has 2 aromatic heterocycles. The van der Waals surface area contributed by atoms with Crippen molar-refractivity contribution in [2.75, 3.05) is 23.6 Å². The number of nitrogens with one attached hydrogen (secondary N) is 3. The van der Waals surface area contributed by atoms with E-state index in [9.17, 15) is 36.8 Å². The molecule has 4 amide bonds. The lowest BCUT2D eigenvalue weighted by atomic mass is 10.0. The van der Waals surface area contributed by atoms with E-state index in [0.29, 0.717) is 22.5 Å². The van der Waals surface area contributed by atoms with Crippen LogP contribution in [0.4, 0.5) is 31.3 Å². The van der Waals surface area contributed by atoms with Gasteiger partial charge in [-0.05, 0) is 92.3 Å². The Morgan fingerprint density at radius 2 is 1.48 bits per heavy atom. The van der Waals surface area contributed by atoms with Crippen molar-refractivity contribution in [1.82, 2.24) is 25.2 Å². The van der Waals surface area contributed by atoms with Crippen molar-refractivity contribution >= 4 is 62.8 Å². The van der Waals surface area contributed by atoms with Gasteiger partial charge in [-0.25, -0.2) is 36.6 Å². The Labute approximate surface area is 388 Å². The van der Waals surface area contributed by atoms with Gasteiger partial charge in [0.2, 0.25) is 18.1 Å². The summed E-state index contributed by atoms with van der Waals surface area (Å²) >= 11 is 0.